The molecule has 0 radical (unpaired) electrons. The van der Waals surface area contributed by atoms with Gasteiger partial charge in [0.25, 0.3) is 5.91 Å². The monoisotopic (exact) mass is 427 g/mol. The number of hydrogen-bond acceptors (Lipinski definition) is 7. The lowest BCUT2D eigenvalue weighted by Crippen LogP contribution is -2.16. The molecule has 1 amide bonds. The summed E-state index contributed by atoms with van der Waals surface area (Å²) in [5, 5.41) is 15.1. The van der Waals surface area contributed by atoms with Crippen molar-refractivity contribution in [2.45, 2.75) is 6.92 Å². The molecule has 9 heteroatoms. The summed E-state index contributed by atoms with van der Waals surface area (Å²) in [5.74, 6) is -1.97. The molecule has 30 heavy (non-hydrogen) atoms. The van der Waals surface area contributed by atoms with Crippen LogP contribution < -0.4 is 10.6 Å². The van der Waals surface area contributed by atoms with Crippen LogP contribution in [0.15, 0.2) is 48.2 Å². The summed E-state index contributed by atoms with van der Waals surface area (Å²) in [6, 6.07) is 10.9. The predicted molar refractivity (Wildman–Crippen MR) is 111 cm³/mol. The molecule has 0 aliphatic carbocycles. The highest BCUT2D eigenvalue weighted by molar-refractivity contribution is 6.31. The SMILES string of the molecule is COC(=O)c1ccc(C(=O)OC)c(N/C=C(/C#N)C(=O)Nc2cc(Cl)ccc2C)c1. The van der Waals surface area contributed by atoms with Gasteiger partial charge in [0.2, 0.25) is 0 Å². The van der Waals surface area contributed by atoms with Crippen LogP contribution in [-0.2, 0) is 14.3 Å². The van der Waals surface area contributed by atoms with E-state index in [2.05, 4.69) is 15.4 Å². The fraction of sp³-hybridized carbons (Fsp3) is 0.143. The zero-order valence-electron chi connectivity index (χ0n) is 16.4. The third-order valence-electron chi connectivity index (χ3n) is 4.03. The first-order valence-electron chi connectivity index (χ1n) is 8.55. The lowest BCUT2D eigenvalue weighted by molar-refractivity contribution is -0.112. The second kappa shape index (κ2) is 10.1. The van der Waals surface area contributed by atoms with E-state index in [9.17, 15) is 19.6 Å². The molecule has 0 atom stereocenters. The van der Waals surface area contributed by atoms with E-state index < -0.39 is 17.8 Å². The van der Waals surface area contributed by atoms with Crippen LogP contribution in [0.25, 0.3) is 0 Å². The van der Waals surface area contributed by atoms with Crippen molar-refractivity contribution in [1.82, 2.24) is 0 Å². The number of rotatable bonds is 6. The summed E-state index contributed by atoms with van der Waals surface area (Å²) in [6.07, 6.45) is 1.12. The molecule has 0 aliphatic rings. The van der Waals surface area contributed by atoms with Crippen LogP contribution in [-0.4, -0.2) is 32.1 Å². The lowest BCUT2D eigenvalue weighted by Gasteiger charge is -2.11. The van der Waals surface area contributed by atoms with Gasteiger partial charge in [-0.15, -0.1) is 0 Å². The number of esters is 2. The smallest absolute Gasteiger partial charge is 0.339 e. The van der Waals surface area contributed by atoms with Crippen LogP contribution >= 0.6 is 11.6 Å². The second-order valence-corrected chi connectivity index (χ2v) is 6.41. The molecule has 0 fully saturated rings. The van der Waals surface area contributed by atoms with Gasteiger partial charge in [-0.25, -0.2) is 9.59 Å². The number of nitriles is 1. The standard InChI is InChI=1S/C21H18ClN3O5/c1-12-4-6-15(22)9-17(12)25-19(26)14(10-23)11-24-18-8-13(20(27)29-2)5-7-16(18)21(28)30-3/h4-9,11,24H,1-3H3,(H,25,26)/b14-11-. The molecule has 0 aromatic heterocycles. The molecule has 0 spiro atoms. The van der Waals surface area contributed by atoms with Gasteiger partial charge in [0, 0.05) is 16.9 Å². The largest absolute Gasteiger partial charge is 0.465 e. The number of aryl methyl sites for hydroxylation is 1. The van der Waals surface area contributed by atoms with E-state index in [1.165, 1.54) is 32.4 Å². The fourth-order valence-corrected chi connectivity index (χ4v) is 2.59. The van der Waals surface area contributed by atoms with Gasteiger partial charge in [-0.2, -0.15) is 5.26 Å². The van der Waals surface area contributed by atoms with E-state index in [1.54, 1.807) is 31.2 Å². The Morgan fingerprint density at radius 3 is 2.37 bits per heavy atom. The van der Waals surface area contributed by atoms with Crippen molar-refractivity contribution in [3.05, 3.63) is 69.9 Å². The van der Waals surface area contributed by atoms with E-state index in [0.29, 0.717) is 10.7 Å². The molecule has 0 unspecified atom stereocenters. The first kappa shape index (κ1) is 22.5. The van der Waals surface area contributed by atoms with Crippen molar-refractivity contribution in [3.8, 4) is 6.07 Å². The number of halogens is 1. The number of carbonyl (C=O) groups excluding carboxylic acids is 3. The highest BCUT2D eigenvalue weighted by Crippen LogP contribution is 2.22. The van der Waals surface area contributed by atoms with Crippen LogP contribution in [0.3, 0.4) is 0 Å². The number of nitrogens with zero attached hydrogens (tertiary/aromatic N) is 1. The molecule has 0 saturated heterocycles. The molecule has 2 aromatic rings. The number of methoxy groups -OCH3 is 2. The minimum atomic E-state index is -0.681. The minimum absolute atomic E-state index is 0.102. The van der Waals surface area contributed by atoms with E-state index in [4.69, 9.17) is 16.3 Å². The molecular weight excluding hydrogens is 410 g/mol. The summed E-state index contributed by atoms with van der Waals surface area (Å²) >= 11 is 5.94. The summed E-state index contributed by atoms with van der Waals surface area (Å²) in [7, 11) is 2.43. The van der Waals surface area contributed by atoms with Crippen molar-refractivity contribution in [1.29, 1.82) is 5.26 Å². The van der Waals surface area contributed by atoms with Crippen LogP contribution in [0.1, 0.15) is 26.3 Å². The number of anilines is 2. The zero-order valence-corrected chi connectivity index (χ0v) is 17.2. The van der Waals surface area contributed by atoms with Gasteiger partial charge in [-0.3, -0.25) is 4.79 Å². The second-order valence-electron chi connectivity index (χ2n) is 5.97. The Balaban J connectivity index is 2.33. The van der Waals surface area contributed by atoms with Gasteiger partial charge in [0.1, 0.15) is 11.6 Å². The maximum Gasteiger partial charge on any atom is 0.339 e. The van der Waals surface area contributed by atoms with E-state index in [1.807, 2.05) is 0 Å². The van der Waals surface area contributed by atoms with Crippen LogP contribution in [0.4, 0.5) is 11.4 Å². The third kappa shape index (κ3) is 5.37. The maximum atomic E-state index is 12.5. The van der Waals surface area contributed by atoms with Crippen molar-refractivity contribution < 1.29 is 23.9 Å². The highest BCUT2D eigenvalue weighted by atomic mass is 35.5. The molecule has 0 bridgehead atoms. The number of hydrogen-bond donors (Lipinski definition) is 2. The molecule has 154 valence electrons. The van der Waals surface area contributed by atoms with E-state index >= 15 is 0 Å². The summed E-state index contributed by atoms with van der Waals surface area (Å²) in [4.78, 5) is 36.2. The molecule has 0 heterocycles. The first-order chi connectivity index (χ1) is 14.3. The summed E-state index contributed by atoms with van der Waals surface area (Å²) < 4.78 is 9.38. The molecular formula is C21H18ClN3O5. The normalized spacial score (nSPS) is 10.6. The first-order valence-corrected chi connectivity index (χ1v) is 8.93. The average molecular weight is 428 g/mol. The van der Waals surface area contributed by atoms with Crippen LogP contribution in [0.2, 0.25) is 5.02 Å². The molecule has 2 aromatic carbocycles. The Hall–Kier alpha value is -3.83. The predicted octanol–water partition coefficient (Wildman–Crippen LogP) is 3.68. The van der Waals surface area contributed by atoms with E-state index in [-0.39, 0.29) is 22.4 Å². The van der Waals surface area contributed by atoms with Gasteiger partial charge in [0.05, 0.1) is 31.0 Å². The number of ether oxygens (including phenoxy) is 2. The number of benzene rings is 2. The summed E-state index contributed by atoms with van der Waals surface area (Å²) in [5.41, 5.74) is 1.37. The number of amides is 1. The van der Waals surface area contributed by atoms with Crippen LogP contribution in [0.5, 0.6) is 0 Å². The molecule has 2 rings (SSSR count). The van der Waals surface area contributed by atoms with Crippen molar-refractivity contribution >= 4 is 40.8 Å². The van der Waals surface area contributed by atoms with Gasteiger partial charge in [0.15, 0.2) is 0 Å². The highest BCUT2D eigenvalue weighted by Gasteiger charge is 2.16. The summed E-state index contributed by atoms with van der Waals surface area (Å²) in [6.45, 7) is 1.78. The Bertz CT molecular complexity index is 1070. The Morgan fingerprint density at radius 1 is 1.03 bits per heavy atom. The van der Waals surface area contributed by atoms with Gasteiger partial charge >= 0.3 is 11.9 Å². The maximum absolute atomic E-state index is 12.5. The van der Waals surface area contributed by atoms with Gasteiger partial charge < -0.3 is 20.1 Å². The van der Waals surface area contributed by atoms with E-state index in [0.717, 1.165) is 11.8 Å². The number of carbonyl (C=O) groups is 3. The van der Waals surface area contributed by atoms with Gasteiger partial charge in [-0.05, 0) is 42.8 Å². The van der Waals surface area contributed by atoms with Crippen LogP contribution in [0, 0.1) is 18.3 Å². The van der Waals surface area contributed by atoms with Crippen molar-refractivity contribution in [2.24, 2.45) is 0 Å². The zero-order chi connectivity index (χ0) is 22.3. The fourth-order valence-electron chi connectivity index (χ4n) is 2.41. The Labute approximate surface area is 178 Å². The average Bonchev–Trinajstić information content (AvgIpc) is 2.75. The van der Waals surface area contributed by atoms with Crippen molar-refractivity contribution in [2.75, 3.05) is 24.9 Å². The lowest BCUT2D eigenvalue weighted by atomic mass is 10.1. The number of nitrogens with one attached hydrogen (secondary N) is 2. The quantitative estimate of drug-likeness (QED) is 0.410. The Morgan fingerprint density at radius 2 is 1.73 bits per heavy atom. The van der Waals surface area contributed by atoms with Gasteiger partial charge in [-0.1, -0.05) is 17.7 Å². The minimum Gasteiger partial charge on any atom is -0.465 e. The molecule has 2 N–H and O–H groups in total. The molecule has 8 nitrogen and oxygen atoms in total. The topological polar surface area (TPSA) is 118 Å². The molecule has 0 saturated carbocycles. The third-order valence-corrected chi connectivity index (χ3v) is 4.27. The van der Waals surface area contributed by atoms with Crippen molar-refractivity contribution in [3.63, 3.8) is 0 Å². The molecule has 0 aliphatic heterocycles. The Kier molecular flexibility index (Phi) is 7.56.